The molecule has 0 fully saturated rings. The summed E-state index contributed by atoms with van der Waals surface area (Å²) in [6.07, 6.45) is 0. The lowest BCUT2D eigenvalue weighted by Gasteiger charge is -2.11. The predicted octanol–water partition coefficient (Wildman–Crippen LogP) is 3.24. The number of benzene rings is 3. The summed E-state index contributed by atoms with van der Waals surface area (Å²) in [6.45, 7) is 0. The van der Waals surface area contributed by atoms with Crippen molar-refractivity contribution in [3.8, 4) is 11.3 Å². The molecule has 0 aliphatic rings. The van der Waals surface area contributed by atoms with Crippen LogP contribution in [0.3, 0.4) is 0 Å². The van der Waals surface area contributed by atoms with Gasteiger partial charge >= 0.3 is 0 Å². The van der Waals surface area contributed by atoms with Crippen LogP contribution in [0.1, 0.15) is 20.7 Å². The molecule has 7 nitrogen and oxygen atoms in total. The minimum atomic E-state index is -0.478. The van der Waals surface area contributed by atoms with Gasteiger partial charge in [-0.1, -0.05) is 36.4 Å². The summed E-state index contributed by atoms with van der Waals surface area (Å²) in [7, 11) is 0. The first-order chi connectivity index (χ1) is 14.0. The van der Waals surface area contributed by atoms with Crippen LogP contribution < -0.4 is 16.8 Å². The molecule has 0 bridgehead atoms. The Morgan fingerprint density at radius 1 is 0.690 bits per heavy atom. The maximum absolute atomic E-state index is 11.3. The molecule has 142 valence electrons. The molecule has 1 aromatic heterocycles. The Morgan fingerprint density at radius 2 is 1.24 bits per heavy atom. The summed E-state index contributed by atoms with van der Waals surface area (Å²) in [5.74, 6) is -0.368. The number of hydrogen-bond acceptors (Lipinski definition) is 5. The lowest BCUT2D eigenvalue weighted by atomic mass is 10.0. The molecule has 4 aromatic rings. The molecule has 0 saturated carbocycles. The topological polar surface area (TPSA) is 124 Å². The Morgan fingerprint density at radius 3 is 1.83 bits per heavy atom. The zero-order valence-corrected chi connectivity index (χ0v) is 15.3. The number of nitrogens with zero attached hydrogens (tertiary/aromatic N) is 2. The second-order valence-electron chi connectivity index (χ2n) is 6.45. The summed E-state index contributed by atoms with van der Waals surface area (Å²) in [4.78, 5) is 22.5. The molecule has 0 atom stereocenters. The van der Waals surface area contributed by atoms with Crippen molar-refractivity contribution in [1.29, 1.82) is 0 Å². The van der Waals surface area contributed by atoms with E-state index in [1.807, 2.05) is 24.3 Å². The van der Waals surface area contributed by atoms with E-state index >= 15 is 0 Å². The van der Waals surface area contributed by atoms with Crippen molar-refractivity contribution in [2.75, 3.05) is 5.32 Å². The van der Waals surface area contributed by atoms with E-state index in [1.54, 1.807) is 48.5 Å². The number of amides is 2. The monoisotopic (exact) mass is 383 g/mol. The average molecular weight is 383 g/mol. The van der Waals surface area contributed by atoms with Crippen molar-refractivity contribution in [3.63, 3.8) is 0 Å². The highest BCUT2D eigenvalue weighted by atomic mass is 16.1. The van der Waals surface area contributed by atoms with Crippen LogP contribution in [-0.4, -0.2) is 22.0 Å². The first kappa shape index (κ1) is 18.1. The van der Waals surface area contributed by atoms with Crippen LogP contribution in [0.2, 0.25) is 0 Å². The Bertz CT molecular complexity index is 1220. The Kier molecular flexibility index (Phi) is 4.62. The fourth-order valence-corrected chi connectivity index (χ4v) is 3.06. The van der Waals surface area contributed by atoms with E-state index < -0.39 is 11.8 Å². The molecule has 0 saturated heterocycles. The number of carbonyl (C=O) groups excluding carboxylic acids is 2. The quantitative estimate of drug-likeness (QED) is 0.488. The van der Waals surface area contributed by atoms with Crippen LogP contribution in [0.15, 0.2) is 72.8 Å². The number of fused-ring (bicyclic) bond motifs is 1. The largest absolute Gasteiger partial charge is 0.366 e. The normalized spacial score (nSPS) is 10.6. The molecule has 2 amide bonds. The minimum absolute atomic E-state index is 0.432. The number of primary amides is 2. The van der Waals surface area contributed by atoms with Gasteiger partial charge in [0, 0.05) is 33.2 Å². The van der Waals surface area contributed by atoms with Gasteiger partial charge in [0.2, 0.25) is 11.8 Å². The minimum Gasteiger partial charge on any atom is -0.366 e. The van der Waals surface area contributed by atoms with E-state index in [4.69, 9.17) is 11.5 Å². The van der Waals surface area contributed by atoms with Gasteiger partial charge in [0.15, 0.2) is 5.82 Å². The molecule has 0 unspecified atom stereocenters. The van der Waals surface area contributed by atoms with Gasteiger partial charge in [-0.25, -0.2) is 0 Å². The molecule has 0 radical (unpaired) electrons. The summed E-state index contributed by atoms with van der Waals surface area (Å²) < 4.78 is 0. The van der Waals surface area contributed by atoms with Crippen LogP contribution in [0.5, 0.6) is 0 Å². The van der Waals surface area contributed by atoms with E-state index in [0.29, 0.717) is 22.6 Å². The fraction of sp³-hybridized carbons (Fsp3) is 0. The average Bonchev–Trinajstić information content (AvgIpc) is 2.74. The molecular weight excluding hydrogens is 366 g/mol. The third-order valence-electron chi connectivity index (χ3n) is 4.56. The maximum atomic E-state index is 11.3. The van der Waals surface area contributed by atoms with Gasteiger partial charge in [-0.3, -0.25) is 9.59 Å². The third-order valence-corrected chi connectivity index (χ3v) is 4.56. The molecule has 1 heterocycles. The summed E-state index contributed by atoms with van der Waals surface area (Å²) in [5, 5.41) is 13.8. The number of anilines is 2. The molecule has 0 spiro atoms. The molecular formula is C22H17N5O2. The van der Waals surface area contributed by atoms with Crippen LogP contribution in [0, 0.1) is 0 Å². The van der Waals surface area contributed by atoms with E-state index in [-0.39, 0.29) is 0 Å². The first-order valence-electron chi connectivity index (χ1n) is 8.85. The maximum Gasteiger partial charge on any atom is 0.248 e. The van der Waals surface area contributed by atoms with Gasteiger partial charge in [0.25, 0.3) is 0 Å². The van der Waals surface area contributed by atoms with E-state index in [9.17, 15) is 9.59 Å². The molecule has 0 aliphatic carbocycles. The number of nitrogens with two attached hydrogens (primary N) is 2. The Hall–Kier alpha value is -4.26. The number of nitrogens with one attached hydrogen (secondary N) is 1. The molecule has 5 N–H and O–H groups in total. The van der Waals surface area contributed by atoms with Crippen molar-refractivity contribution in [1.82, 2.24) is 10.2 Å². The van der Waals surface area contributed by atoms with Gasteiger partial charge in [0.05, 0.1) is 0 Å². The number of rotatable bonds is 5. The highest BCUT2D eigenvalue weighted by Crippen LogP contribution is 2.31. The molecule has 29 heavy (non-hydrogen) atoms. The highest BCUT2D eigenvalue weighted by Gasteiger charge is 2.12. The lowest BCUT2D eigenvalue weighted by molar-refractivity contribution is 0.0992. The SMILES string of the molecule is NC(=O)c1ccc(Nc2nnc(-c3ccc(C(N)=O)cc3)c3ccccc23)cc1. The summed E-state index contributed by atoms with van der Waals surface area (Å²) in [6, 6.07) is 21.5. The van der Waals surface area contributed by atoms with E-state index in [1.165, 1.54) is 0 Å². The van der Waals surface area contributed by atoms with Crippen molar-refractivity contribution in [3.05, 3.63) is 83.9 Å². The van der Waals surface area contributed by atoms with E-state index in [0.717, 1.165) is 22.0 Å². The van der Waals surface area contributed by atoms with Crippen molar-refractivity contribution in [2.45, 2.75) is 0 Å². The zero-order valence-electron chi connectivity index (χ0n) is 15.3. The van der Waals surface area contributed by atoms with Crippen molar-refractivity contribution in [2.24, 2.45) is 11.5 Å². The van der Waals surface area contributed by atoms with Crippen LogP contribution in [0.25, 0.3) is 22.0 Å². The molecule has 3 aromatic carbocycles. The fourth-order valence-electron chi connectivity index (χ4n) is 3.06. The number of carbonyl (C=O) groups is 2. The van der Waals surface area contributed by atoms with Gasteiger partial charge < -0.3 is 16.8 Å². The van der Waals surface area contributed by atoms with Gasteiger partial charge in [-0.05, 0) is 36.4 Å². The van der Waals surface area contributed by atoms with Gasteiger partial charge in [0.1, 0.15) is 5.69 Å². The van der Waals surface area contributed by atoms with Crippen LogP contribution in [0.4, 0.5) is 11.5 Å². The number of hydrogen-bond donors (Lipinski definition) is 3. The summed E-state index contributed by atoms with van der Waals surface area (Å²) in [5.41, 5.74) is 13.7. The van der Waals surface area contributed by atoms with Crippen molar-refractivity contribution >= 4 is 34.1 Å². The van der Waals surface area contributed by atoms with Gasteiger partial charge in [-0.15, -0.1) is 10.2 Å². The Labute approximate surface area is 166 Å². The second-order valence-corrected chi connectivity index (χ2v) is 6.45. The molecule has 7 heteroatoms. The second kappa shape index (κ2) is 7.40. The zero-order chi connectivity index (χ0) is 20.4. The number of aromatic nitrogens is 2. The van der Waals surface area contributed by atoms with Crippen LogP contribution in [-0.2, 0) is 0 Å². The smallest absolute Gasteiger partial charge is 0.248 e. The summed E-state index contributed by atoms with van der Waals surface area (Å²) >= 11 is 0. The first-order valence-corrected chi connectivity index (χ1v) is 8.85. The van der Waals surface area contributed by atoms with Gasteiger partial charge in [-0.2, -0.15) is 0 Å². The van der Waals surface area contributed by atoms with E-state index in [2.05, 4.69) is 15.5 Å². The molecule has 0 aliphatic heterocycles. The van der Waals surface area contributed by atoms with Crippen molar-refractivity contribution < 1.29 is 9.59 Å². The van der Waals surface area contributed by atoms with Crippen LogP contribution >= 0.6 is 0 Å². The third kappa shape index (κ3) is 3.61. The lowest BCUT2D eigenvalue weighted by Crippen LogP contribution is -2.10. The standard InChI is InChI=1S/C22H17N5O2/c23-20(28)14-7-5-13(6-8-14)19-17-3-1-2-4-18(17)22(27-26-19)25-16-11-9-15(10-12-16)21(24)29/h1-12H,(H2,23,28)(H2,24,29)(H,25,27). The highest BCUT2D eigenvalue weighted by molar-refractivity contribution is 6.01. The predicted molar refractivity (Wildman–Crippen MR) is 112 cm³/mol. The molecule has 4 rings (SSSR count). The Balaban J connectivity index is 1.73.